The Morgan fingerprint density at radius 2 is 2.19 bits per heavy atom. The second-order valence-electron chi connectivity index (χ2n) is 3.84. The predicted molar refractivity (Wildman–Crippen MR) is 60.7 cm³/mol. The largest absolute Gasteiger partial charge is 0.379 e. The van der Waals surface area contributed by atoms with Crippen molar-refractivity contribution in [1.29, 1.82) is 0 Å². The lowest BCUT2D eigenvalue weighted by Gasteiger charge is -2.25. The molecule has 6 nitrogen and oxygen atoms in total. The summed E-state index contributed by atoms with van der Waals surface area (Å²) in [4.78, 5) is 11.0. The molecule has 0 aliphatic carbocycles. The molecule has 0 bridgehead atoms. The standard InChI is InChI=1S/C10H17N5O/c1-8-6-9(14-11)13-10(12-8)7-15-2-4-16-5-3-15/h6H,2-5,7,11H2,1H3,(H,12,13,14). The van der Waals surface area contributed by atoms with Crippen molar-refractivity contribution < 1.29 is 4.74 Å². The van der Waals surface area contributed by atoms with Gasteiger partial charge in [0, 0.05) is 24.8 Å². The van der Waals surface area contributed by atoms with Gasteiger partial charge < -0.3 is 10.2 Å². The molecule has 88 valence electrons. The molecule has 3 N–H and O–H groups in total. The predicted octanol–water partition coefficient (Wildman–Crippen LogP) is -0.0972. The SMILES string of the molecule is Cc1cc(NN)nc(CN2CCOCC2)n1. The van der Waals surface area contributed by atoms with E-state index >= 15 is 0 Å². The molecule has 1 aliphatic heterocycles. The third-order valence-corrected chi connectivity index (χ3v) is 2.52. The molecule has 0 saturated carbocycles. The lowest BCUT2D eigenvalue weighted by atomic mass is 10.3. The van der Waals surface area contributed by atoms with Crippen molar-refractivity contribution in [2.24, 2.45) is 5.84 Å². The highest BCUT2D eigenvalue weighted by Gasteiger charge is 2.12. The van der Waals surface area contributed by atoms with Crippen LogP contribution in [-0.4, -0.2) is 41.2 Å². The molecule has 16 heavy (non-hydrogen) atoms. The Morgan fingerprint density at radius 3 is 2.88 bits per heavy atom. The number of aryl methyl sites for hydroxylation is 1. The maximum atomic E-state index is 5.35. The number of hydrogen-bond donors (Lipinski definition) is 2. The maximum Gasteiger partial charge on any atom is 0.145 e. The van der Waals surface area contributed by atoms with E-state index in [0.717, 1.165) is 44.4 Å². The van der Waals surface area contributed by atoms with Gasteiger partial charge in [-0.05, 0) is 6.92 Å². The van der Waals surface area contributed by atoms with Crippen LogP contribution >= 0.6 is 0 Å². The van der Waals surface area contributed by atoms with Crippen LogP contribution < -0.4 is 11.3 Å². The van der Waals surface area contributed by atoms with Gasteiger partial charge in [-0.2, -0.15) is 0 Å². The minimum absolute atomic E-state index is 0.663. The normalized spacial score (nSPS) is 17.4. The Kier molecular flexibility index (Phi) is 3.66. The summed E-state index contributed by atoms with van der Waals surface area (Å²) >= 11 is 0. The highest BCUT2D eigenvalue weighted by molar-refractivity contribution is 5.33. The minimum atomic E-state index is 0.663. The van der Waals surface area contributed by atoms with Gasteiger partial charge in [-0.3, -0.25) is 4.90 Å². The minimum Gasteiger partial charge on any atom is -0.379 e. The van der Waals surface area contributed by atoms with Crippen LogP contribution in [0.4, 0.5) is 5.82 Å². The van der Waals surface area contributed by atoms with Gasteiger partial charge in [0.05, 0.1) is 19.8 Å². The van der Waals surface area contributed by atoms with Crippen LogP contribution in [0.2, 0.25) is 0 Å². The van der Waals surface area contributed by atoms with Gasteiger partial charge in [0.15, 0.2) is 0 Å². The first-order valence-corrected chi connectivity index (χ1v) is 5.39. The van der Waals surface area contributed by atoms with Crippen LogP contribution in [0.15, 0.2) is 6.07 Å². The summed E-state index contributed by atoms with van der Waals surface area (Å²) in [5.41, 5.74) is 3.47. The molecule has 1 aromatic heterocycles. The maximum absolute atomic E-state index is 5.35. The number of nitrogen functional groups attached to an aromatic ring is 1. The fourth-order valence-corrected chi connectivity index (χ4v) is 1.73. The van der Waals surface area contributed by atoms with Crippen molar-refractivity contribution in [1.82, 2.24) is 14.9 Å². The Morgan fingerprint density at radius 1 is 1.44 bits per heavy atom. The number of nitrogens with one attached hydrogen (secondary N) is 1. The summed E-state index contributed by atoms with van der Waals surface area (Å²) in [7, 11) is 0. The summed E-state index contributed by atoms with van der Waals surface area (Å²) in [6.07, 6.45) is 0. The summed E-state index contributed by atoms with van der Waals surface area (Å²) in [5, 5.41) is 0. The second kappa shape index (κ2) is 5.20. The van der Waals surface area contributed by atoms with Gasteiger partial charge in [0.25, 0.3) is 0 Å². The van der Waals surface area contributed by atoms with E-state index in [-0.39, 0.29) is 0 Å². The molecule has 1 fully saturated rings. The second-order valence-corrected chi connectivity index (χ2v) is 3.84. The number of ether oxygens (including phenoxy) is 1. The third-order valence-electron chi connectivity index (χ3n) is 2.52. The fraction of sp³-hybridized carbons (Fsp3) is 0.600. The van der Waals surface area contributed by atoms with E-state index in [1.54, 1.807) is 0 Å². The lowest BCUT2D eigenvalue weighted by Crippen LogP contribution is -2.36. The molecule has 0 spiro atoms. The number of hydrogen-bond acceptors (Lipinski definition) is 6. The van der Waals surface area contributed by atoms with Crippen molar-refractivity contribution in [3.8, 4) is 0 Å². The van der Waals surface area contributed by atoms with E-state index in [1.807, 2.05) is 13.0 Å². The van der Waals surface area contributed by atoms with E-state index in [9.17, 15) is 0 Å². The average molecular weight is 223 g/mol. The zero-order valence-corrected chi connectivity index (χ0v) is 9.44. The lowest BCUT2D eigenvalue weighted by molar-refractivity contribution is 0.0330. The Balaban J connectivity index is 2.04. The molecule has 0 radical (unpaired) electrons. The molecular formula is C10H17N5O. The van der Waals surface area contributed by atoms with Crippen molar-refractivity contribution in [2.45, 2.75) is 13.5 Å². The summed E-state index contributed by atoms with van der Waals surface area (Å²) < 4.78 is 5.29. The molecule has 6 heteroatoms. The quantitative estimate of drug-likeness (QED) is 0.550. The van der Waals surface area contributed by atoms with E-state index in [0.29, 0.717) is 5.82 Å². The molecular weight excluding hydrogens is 206 g/mol. The van der Waals surface area contributed by atoms with E-state index in [4.69, 9.17) is 10.6 Å². The van der Waals surface area contributed by atoms with Crippen molar-refractivity contribution >= 4 is 5.82 Å². The summed E-state index contributed by atoms with van der Waals surface area (Å²) in [5.74, 6) is 6.81. The number of anilines is 1. The topological polar surface area (TPSA) is 76.3 Å². The van der Waals surface area contributed by atoms with Crippen LogP contribution in [0.25, 0.3) is 0 Å². The molecule has 0 atom stereocenters. The van der Waals surface area contributed by atoms with Crippen LogP contribution in [0.5, 0.6) is 0 Å². The van der Waals surface area contributed by atoms with Gasteiger partial charge in [-0.15, -0.1) is 0 Å². The fourth-order valence-electron chi connectivity index (χ4n) is 1.73. The van der Waals surface area contributed by atoms with Gasteiger partial charge >= 0.3 is 0 Å². The van der Waals surface area contributed by atoms with Gasteiger partial charge in [0.1, 0.15) is 11.6 Å². The molecule has 0 aromatic carbocycles. The first-order valence-electron chi connectivity index (χ1n) is 5.39. The van der Waals surface area contributed by atoms with Crippen molar-refractivity contribution in [2.75, 3.05) is 31.7 Å². The van der Waals surface area contributed by atoms with Gasteiger partial charge in [-0.1, -0.05) is 0 Å². The van der Waals surface area contributed by atoms with E-state index in [1.165, 1.54) is 0 Å². The van der Waals surface area contributed by atoms with E-state index in [2.05, 4.69) is 20.3 Å². The molecule has 2 rings (SSSR count). The number of nitrogens with zero attached hydrogens (tertiary/aromatic N) is 3. The first-order chi connectivity index (χ1) is 7.78. The number of hydrazine groups is 1. The third kappa shape index (κ3) is 2.88. The smallest absolute Gasteiger partial charge is 0.145 e. The molecule has 0 amide bonds. The number of rotatable bonds is 3. The number of aromatic nitrogens is 2. The first kappa shape index (κ1) is 11.3. The van der Waals surface area contributed by atoms with Crippen molar-refractivity contribution in [3.63, 3.8) is 0 Å². The number of nitrogens with two attached hydrogens (primary N) is 1. The van der Waals surface area contributed by atoms with Crippen molar-refractivity contribution in [3.05, 3.63) is 17.6 Å². The molecule has 1 saturated heterocycles. The van der Waals surface area contributed by atoms with E-state index < -0.39 is 0 Å². The number of morpholine rings is 1. The van der Waals surface area contributed by atoms with Crippen LogP contribution in [0.1, 0.15) is 11.5 Å². The Labute approximate surface area is 94.8 Å². The Bertz CT molecular complexity index is 351. The van der Waals surface area contributed by atoms with Crippen LogP contribution in [-0.2, 0) is 11.3 Å². The molecule has 1 aliphatic rings. The average Bonchev–Trinajstić information content (AvgIpc) is 2.29. The summed E-state index contributed by atoms with van der Waals surface area (Å²) in [6.45, 7) is 6.12. The molecule has 1 aromatic rings. The molecule has 0 unspecified atom stereocenters. The highest BCUT2D eigenvalue weighted by atomic mass is 16.5. The summed E-state index contributed by atoms with van der Waals surface area (Å²) in [6, 6.07) is 1.82. The highest BCUT2D eigenvalue weighted by Crippen LogP contribution is 2.08. The molecule has 2 heterocycles. The van der Waals surface area contributed by atoms with Gasteiger partial charge in [-0.25, -0.2) is 15.8 Å². The zero-order chi connectivity index (χ0) is 11.4. The zero-order valence-electron chi connectivity index (χ0n) is 9.44. The monoisotopic (exact) mass is 223 g/mol. The van der Waals surface area contributed by atoms with Crippen LogP contribution in [0.3, 0.4) is 0 Å². The van der Waals surface area contributed by atoms with Crippen LogP contribution in [0, 0.1) is 6.92 Å². The van der Waals surface area contributed by atoms with Gasteiger partial charge in [0.2, 0.25) is 0 Å². The Hall–Kier alpha value is -1.24.